The van der Waals surface area contributed by atoms with E-state index in [2.05, 4.69) is 41.1 Å². The molecule has 3 aromatic rings. The summed E-state index contributed by atoms with van der Waals surface area (Å²) in [6.45, 7) is 9.43. The fourth-order valence-electron chi connectivity index (χ4n) is 3.99. The number of aromatic nitrogens is 1. The average Bonchev–Trinajstić information content (AvgIpc) is 2.94. The molecule has 2 aromatic carbocycles. The van der Waals surface area contributed by atoms with Gasteiger partial charge in [0.15, 0.2) is 0 Å². The Balaban J connectivity index is 1.79. The summed E-state index contributed by atoms with van der Waals surface area (Å²) in [7, 11) is 0. The molecule has 0 spiro atoms. The van der Waals surface area contributed by atoms with Gasteiger partial charge in [-0.15, -0.1) is 0 Å². The molecule has 1 aliphatic rings. The Labute approximate surface area is 172 Å². The van der Waals surface area contributed by atoms with Crippen molar-refractivity contribution in [3.8, 4) is 0 Å². The summed E-state index contributed by atoms with van der Waals surface area (Å²) in [6, 6.07) is 16.6. The molecule has 1 N–H and O–H groups in total. The first-order valence-electron chi connectivity index (χ1n) is 10.2. The van der Waals surface area contributed by atoms with Crippen LogP contribution in [0.25, 0.3) is 16.5 Å². The van der Waals surface area contributed by atoms with Crippen molar-refractivity contribution in [3.63, 3.8) is 0 Å². The van der Waals surface area contributed by atoms with E-state index in [1.807, 2.05) is 51.2 Å². The normalized spacial score (nSPS) is 14.3. The van der Waals surface area contributed by atoms with Crippen LogP contribution in [0.15, 0.2) is 54.7 Å². The van der Waals surface area contributed by atoms with Crippen molar-refractivity contribution in [1.82, 2.24) is 9.88 Å². The second-order valence-corrected chi connectivity index (χ2v) is 8.73. The van der Waals surface area contributed by atoms with E-state index < -0.39 is 5.60 Å². The van der Waals surface area contributed by atoms with Gasteiger partial charge in [-0.3, -0.25) is 0 Å². The molecule has 4 rings (SSSR count). The molecule has 150 valence electrons. The lowest BCUT2D eigenvalue weighted by Gasteiger charge is -2.22. The van der Waals surface area contributed by atoms with Crippen LogP contribution in [0.2, 0.25) is 0 Å². The van der Waals surface area contributed by atoms with Gasteiger partial charge in [0.05, 0.1) is 11.3 Å². The molecule has 0 atom stereocenters. The molecule has 0 fully saturated rings. The third kappa shape index (κ3) is 4.07. The van der Waals surface area contributed by atoms with Gasteiger partial charge in [-0.25, -0.2) is 4.79 Å². The largest absolute Gasteiger partial charge is 0.456 e. The van der Waals surface area contributed by atoms with Crippen LogP contribution in [0.5, 0.6) is 0 Å². The maximum atomic E-state index is 13.2. The van der Waals surface area contributed by atoms with Crippen molar-refractivity contribution in [1.29, 1.82) is 0 Å². The molecule has 29 heavy (non-hydrogen) atoms. The number of benzene rings is 2. The SMILES string of the molecule is Cc1cccc2[nH]c3c(c12)CCN(Cc1ccccc1)C=C3C(=O)OC(C)(C)C. The number of ether oxygens (including phenoxy) is 1. The van der Waals surface area contributed by atoms with Crippen molar-refractivity contribution < 1.29 is 9.53 Å². The molecule has 1 aliphatic heterocycles. The molecule has 4 heteroatoms. The van der Waals surface area contributed by atoms with E-state index in [9.17, 15) is 4.79 Å². The van der Waals surface area contributed by atoms with E-state index in [-0.39, 0.29) is 5.97 Å². The molecular formula is C25H28N2O2. The number of esters is 1. The summed E-state index contributed by atoms with van der Waals surface area (Å²) < 4.78 is 5.76. The second kappa shape index (κ2) is 7.43. The van der Waals surface area contributed by atoms with Gasteiger partial charge >= 0.3 is 5.97 Å². The predicted octanol–water partition coefficient (Wildman–Crippen LogP) is 5.22. The molecular weight excluding hydrogens is 360 g/mol. The number of carbonyl (C=O) groups is 1. The van der Waals surface area contributed by atoms with Crippen LogP contribution >= 0.6 is 0 Å². The van der Waals surface area contributed by atoms with E-state index in [0.717, 1.165) is 30.7 Å². The second-order valence-electron chi connectivity index (χ2n) is 8.73. The first kappa shape index (κ1) is 19.3. The average molecular weight is 389 g/mol. The van der Waals surface area contributed by atoms with E-state index >= 15 is 0 Å². The number of nitrogens with one attached hydrogen (secondary N) is 1. The summed E-state index contributed by atoms with van der Waals surface area (Å²) in [5.41, 5.74) is 5.65. The first-order valence-corrected chi connectivity index (χ1v) is 10.2. The van der Waals surface area contributed by atoms with Gasteiger partial charge in [0.2, 0.25) is 0 Å². The number of fused-ring (bicyclic) bond motifs is 3. The summed E-state index contributed by atoms with van der Waals surface area (Å²) in [5.74, 6) is -0.289. The number of nitrogens with zero attached hydrogens (tertiary/aromatic N) is 1. The van der Waals surface area contributed by atoms with Gasteiger partial charge in [-0.2, -0.15) is 0 Å². The van der Waals surface area contributed by atoms with Crippen molar-refractivity contribution >= 4 is 22.4 Å². The number of rotatable bonds is 3. The van der Waals surface area contributed by atoms with Crippen molar-refractivity contribution in [2.24, 2.45) is 0 Å². The van der Waals surface area contributed by atoms with Crippen LogP contribution in [0.3, 0.4) is 0 Å². The molecule has 0 saturated heterocycles. The summed E-state index contributed by atoms with van der Waals surface area (Å²) >= 11 is 0. The molecule has 1 aromatic heterocycles. The topological polar surface area (TPSA) is 45.3 Å². The minimum Gasteiger partial charge on any atom is -0.456 e. The Bertz CT molecular complexity index is 1070. The quantitative estimate of drug-likeness (QED) is 0.626. The maximum absolute atomic E-state index is 13.2. The fraction of sp³-hybridized carbons (Fsp3) is 0.320. The molecule has 0 aliphatic carbocycles. The molecule has 0 saturated carbocycles. The highest BCUT2D eigenvalue weighted by molar-refractivity contribution is 6.18. The smallest absolute Gasteiger partial charge is 0.342 e. The van der Waals surface area contributed by atoms with Crippen LogP contribution in [0.1, 0.15) is 43.2 Å². The molecule has 0 unspecified atom stereocenters. The summed E-state index contributed by atoms with van der Waals surface area (Å²) in [5, 5.41) is 1.22. The standard InChI is InChI=1S/C25H28N2O2/c1-17-9-8-12-21-22(17)19-13-14-27(15-18-10-6-5-7-11-18)16-20(23(19)26-21)24(28)29-25(2,3)4/h5-12,16,26H,13-15H2,1-4H3. The third-order valence-corrected chi connectivity index (χ3v) is 5.21. The van der Waals surface area contributed by atoms with E-state index in [0.29, 0.717) is 5.57 Å². The van der Waals surface area contributed by atoms with Crippen LogP contribution in [-0.2, 0) is 22.5 Å². The Hall–Kier alpha value is -3.01. The molecule has 4 nitrogen and oxygen atoms in total. The van der Waals surface area contributed by atoms with Crippen molar-refractivity contribution in [2.75, 3.05) is 6.54 Å². The van der Waals surface area contributed by atoms with Gasteiger partial charge in [-0.1, -0.05) is 42.5 Å². The fourth-order valence-corrected chi connectivity index (χ4v) is 3.99. The Morgan fingerprint density at radius 2 is 1.86 bits per heavy atom. The lowest BCUT2D eigenvalue weighted by Crippen LogP contribution is -2.25. The third-order valence-electron chi connectivity index (χ3n) is 5.21. The van der Waals surface area contributed by atoms with Gasteiger partial charge in [0.1, 0.15) is 5.60 Å². The van der Waals surface area contributed by atoms with Gasteiger partial charge < -0.3 is 14.6 Å². The van der Waals surface area contributed by atoms with Crippen LogP contribution in [0, 0.1) is 6.92 Å². The minimum absolute atomic E-state index is 0.289. The van der Waals surface area contributed by atoms with E-state index in [4.69, 9.17) is 4.74 Å². The Morgan fingerprint density at radius 1 is 1.10 bits per heavy atom. The highest BCUT2D eigenvalue weighted by Gasteiger charge is 2.28. The summed E-state index contributed by atoms with van der Waals surface area (Å²) in [4.78, 5) is 18.9. The zero-order valence-electron chi connectivity index (χ0n) is 17.6. The molecule has 0 bridgehead atoms. The van der Waals surface area contributed by atoms with Gasteiger partial charge in [0, 0.05) is 30.2 Å². The van der Waals surface area contributed by atoms with E-state index in [1.54, 1.807) is 0 Å². The first-order chi connectivity index (χ1) is 13.8. The summed E-state index contributed by atoms with van der Waals surface area (Å²) in [6.07, 6.45) is 2.84. The lowest BCUT2D eigenvalue weighted by atomic mass is 10.0. The lowest BCUT2D eigenvalue weighted by molar-refractivity contribution is -0.147. The number of H-pyrrole nitrogens is 1. The number of aryl methyl sites for hydroxylation is 1. The van der Waals surface area contributed by atoms with E-state index in [1.165, 1.54) is 22.1 Å². The highest BCUT2D eigenvalue weighted by Crippen LogP contribution is 2.34. The number of carbonyl (C=O) groups excluding carboxylic acids is 1. The molecule has 0 radical (unpaired) electrons. The number of aromatic amines is 1. The highest BCUT2D eigenvalue weighted by atomic mass is 16.6. The molecule has 0 amide bonds. The van der Waals surface area contributed by atoms with Gasteiger partial charge in [-0.05, 0) is 56.9 Å². The maximum Gasteiger partial charge on any atom is 0.342 e. The van der Waals surface area contributed by atoms with Crippen molar-refractivity contribution in [3.05, 3.63) is 77.1 Å². The number of hydrogen-bond acceptors (Lipinski definition) is 3. The van der Waals surface area contributed by atoms with Gasteiger partial charge in [0.25, 0.3) is 0 Å². The minimum atomic E-state index is -0.545. The zero-order valence-corrected chi connectivity index (χ0v) is 17.6. The molecule has 2 heterocycles. The number of hydrogen-bond donors (Lipinski definition) is 1. The van der Waals surface area contributed by atoms with Crippen LogP contribution < -0.4 is 0 Å². The van der Waals surface area contributed by atoms with Crippen LogP contribution in [-0.4, -0.2) is 28.0 Å². The zero-order chi connectivity index (χ0) is 20.6. The van der Waals surface area contributed by atoms with Crippen LogP contribution in [0.4, 0.5) is 0 Å². The predicted molar refractivity (Wildman–Crippen MR) is 117 cm³/mol. The Morgan fingerprint density at radius 3 is 2.59 bits per heavy atom. The monoisotopic (exact) mass is 388 g/mol. The Kier molecular flexibility index (Phi) is 4.95. The van der Waals surface area contributed by atoms with Crippen molar-refractivity contribution in [2.45, 2.75) is 46.3 Å².